The molecule has 0 heterocycles. The zero-order chi connectivity index (χ0) is 9.14. The molecule has 12 heavy (non-hydrogen) atoms. The summed E-state index contributed by atoms with van der Waals surface area (Å²) in [6.07, 6.45) is 0.866. The van der Waals surface area contributed by atoms with Crippen LogP contribution in [-0.4, -0.2) is 5.91 Å². The van der Waals surface area contributed by atoms with Crippen LogP contribution in [0.15, 0.2) is 18.2 Å². The Kier molecular flexibility index (Phi) is 2.33. The second-order valence-corrected chi connectivity index (χ2v) is 2.63. The molecule has 1 aromatic rings. The first kappa shape index (κ1) is 8.59. The van der Waals surface area contributed by atoms with Crippen LogP contribution in [0.25, 0.3) is 0 Å². The van der Waals surface area contributed by atoms with Crippen molar-refractivity contribution in [3.63, 3.8) is 0 Å². The molecule has 0 aliphatic rings. The van der Waals surface area contributed by atoms with E-state index < -0.39 is 5.91 Å². The fourth-order valence-electron chi connectivity index (χ4n) is 1.07. The van der Waals surface area contributed by atoms with Crippen molar-refractivity contribution < 1.29 is 4.79 Å². The van der Waals surface area contributed by atoms with E-state index in [1.165, 1.54) is 0 Å². The van der Waals surface area contributed by atoms with Crippen LogP contribution in [0.1, 0.15) is 22.8 Å². The van der Waals surface area contributed by atoms with Crippen molar-refractivity contribution in [2.45, 2.75) is 13.3 Å². The van der Waals surface area contributed by atoms with E-state index in [0.29, 0.717) is 11.3 Å². The molecular formula is C9H12N2O. The number of benzene rings is 1. The van der Waals surface area contributed by atoms with Gasteiger partial charge in [-0.3, -0.25) is 4.79 Å². The van der Waals surface area contributed by atoms with Gasteiger partial charge in [-0.05, 0) is 24.1 Å². The van der Waals surface area contributed by atoms with Gasteiger partial charge in [-0.1, -0.05) is 13.0 Å². The van der Waals surface area contributed by atoms with Crippen LogP contribution in [0.2, 0.25) is 0 Å². The number of carbonyl (C=O) groups excluding carboxylic acids is 1. The zero-order valence-corrected chi connectivity index (χ0v) is 7.00. The summed E-state index contributed by atoms with van der Waals surface area (Å²) in [6.45, 7) is 2.01. The van der Waals surface area contributed by atoms with Crippen molar-refractivity contribution in [1.29, 1.82) is 0 Å². The van der Waals surface area contributed by atoms with Crippen molar-refractivity contribution in [3.05, 3.63) is 29.3 Å². The quantitative estimate of drug-likeness (QED) is 0.638. The molecule has 4 N–H and O–H groups in total. The maximum atomic E-state index is 10.7. The monoisotopic (exact) mass is 164 g/mol. The lowest BCUT2D eigenvalue weighted by atomic mass is 10.1. The fourth-order valence-corrected chi connectivity index (χ4v) is 1.07. The number of primary amides is 1. The molecule has 0 atom stereocenters. The SMILES string of the molecule is CCc1ccc(C(N)=O)cc1N. The molecule has 0 bridgehead atoms. The van der Waals surface area contributed by atoms with Gasteiger partial charge in [-0.15, -0.1) is 0 Å². The number of hydrogen-bond donors (Lipinski definition) is 2. The summed E-state index contributed by atoms with van der Waals surface area (Å²) in [7, 11) is 0. The van der Waals surface area contributed by atoms with Crippen LogP contribution < -0.4 is 11.5 Å². The first-order valence-electron chi connectivity index (χ1n) is 3.83. The van der Waals surface area contributed by atoms with Gasteiger partial charge in [0.1, 0.15) is 0 Å². The van der Waals surface area contributed by atoms with Gasteiger partial charge in [0.2, 0.25) is 5.91 Å². The van der Waals surface area contributed by atoms with Crippen LogP contribution in [0.4, 0.5) is 5.69 Å². The smallest absolute Gasteiger partial charge is 0.248 e. The summed E-state index contributed by atoms with van der Waals surface area (Å²) in [5, 5.41) is 0. The number of rotatable bonds is 2. The van der Waals surface area contributed by atoms with Crippen molar-refractivity contribution in [2.24, 2.45) is 5.73 Å². The van der Waals surface area contributed by atoms with Gasteiger partial charge in [-0.25, -0.2) is 0 Å². The summed E-state index contributed by atoms with van der Waals surface area (Å²) in [5.41, 5.74) is 12.9. The highest BCUT2D eigenvalue weighted by Gasteiger charge is 2.02. The molecule has 3 heteroatoms. The molecule has 0 spiro atoms. The maximum Gasteiger partial charge on any atom is 0.248 e. The molecule has 0 aromatic heterocycles. The van der Waals surface area contributed by atoms with Crippen LogP contribution in [-0.2, 0) is 6.42 Å². The fraction of sp³-hybridized carbons (Fsp3) is 0.222. The van der Waals surface area contributed by atoms with Gasteiger partial charge >= 0.3 is 0 Å². The Labute approximate surface area is 71.4 Å². The van der Waals surface area contributed by atoms with Gasteiger partial charge in [0.05, 0.1) is 0 Å². The van der Waals surface area contributed by atoms with Crippen molar-refractivity contribution in [2.75, 3.05) is 5.73 Å². The molecular weight excluding hydrogens is 152 g/mol. The summed E-state index contributed by atoms with van der Waals surface area (Å²) >= 11 is 0. The van der Waals surface area contributed by atoms with Crippen LogP contribution >= 0.6 is 0 Å². The highest BCUT2D eigenvalue weighted by molar-refractivity contribution is 5.93. The highest BCUT2D eigenvalue weighted by atomic mass is 16.1. The Morgan fingerprint density at radius 3 is 2.58 bits per heavy atom. The molecule has 1 amide bonds. The van der Waals surface area contributed by atoms with Gasteiger partial charge in [0.15, 0.2) is 0 Å². The number of hydrogen-bond acceptors (Lipinski definition) is 2. The van der Waals surface area contributed by atoms with Gasteiger partial charge in [-0.2, -0.15) is 0 Å². The lowest BCUT2D eigenvalue weighted by Crippen LogP contribution is -2.11. The average molecular weight is 164 g/mol. The predicted molar refractivity (Wildman–Crippen MR) is 48.8 cm³/mol. The number of carbonyl (C=O) groups is 1. The largest absolute Gasteiger partial charge is 0.398 e. The van der Waals surface area contributed by atoms with E-state index in [0.717, 1.165) is 12.0 Å². The number of aryl methyl sites for hydroxylation is 1. The molecule has 0 aliphatic heterocycles. The second-order valence-electron chi connectivity index (χ2n) is 2.63. The molecule has 0 saturated carbocycles. The molecule has 64 valence electrons. The number of nitrogen functional groups attached to an aromatic ring is 1. The first-order chi connectivity index (χ1) is 5.65. The standard InChI is InChI=1S/C9H12N2O/c1-2-6-3-4-7(9(11)12)5-8(6)10/h3-5H,2,10H2,1H3,(H2,11,12). The van der Waals surface area contributed by atoms with Crippen molar-refractivity contribution in [3.8, 4) is 0 Å². The van der Waals surface area contributed by atoms with Gasteiger partial charge < -0.3 is 11.5 Å². The first-order valence-corrected chi connectivity index (χ1v) is 3.83. The maximum absolute atomic E-state index is 10.7. The molecule has 1 rings (SSSR count). The third-order valence-corrected chi connectivity index (χ3v) is 1.81. The van der Waals surface area contributed by atoms with E-state index in [4.69, 9.17) is 11.5 Å². The Balaban J connectivity index is 3.10. The number of nitrogens with two attached hydrogens (primary N) is 2. The lowest BCUT2D eigenvalue weighted by molar-refractivity contribution is 0.100. The Hall–Kier alpha value is -1.51. The summed E-state index contributed by atoms with van der Waals surface area (Å²) in [4.78, 5) is 10.7. The minimum atomic E-state index is -0.440. The summed E-state index contributed by atoms with van der Waals surface area (Å²) < 4.78 is 0. The molecule has 0 aliphatic carbocycles. The molecule has 0 unspecified atom stereocenters. The van der Waals surface area contributed by atoms with E-state index >= 15 is 0 Å². The minimum Gasteiger partial charge on any atom is -0.398 e. The van der Waals surface area contributed by atoms with E-state index in [1.807, 2.05) is 13.0 Å². The van der Waals surface area contributed by atoms with Gasteiger partial charge in [0, 0.05) is 11.3 Å². The molecule has 0 radical (unpaired) electrons. The topological polar surface area (TPSA) is 69.1 Å². The normalized spacial score (nSPS) is 9.75. The Bertz CT molecular complexity index is 307. The van der Waals surface area contributed by atoms with E-state index in [-0.39, 0.29) is 0 Å². The number of amides is 1. The zero-order valence-electron chi connectivity index (χ0n) is 7.00. The Morgan fingerprint density at radius 1 is 1.50 bits per heavy atom. The molecule has 3 nitrogen and oxygen atoms in total. The second kappa shape index (κ2) is 3.26. The summed E-state index contributed by atoms with van der Waals surface area (Å²) in [6, 6.07) is 5.13. The molecule has 0 fully saturated rings. The van der Waals surface area contributed by atoms with E-state index in [1.54, 1.807) is 12.1 Å². The minimum absolute atomic E-state index is 0.440. The van der Waals surface area contributed by atoms with Crippen LogP contribution in [0, 0.1) is 0 Å². The van der Waals surface area contributed by atoms with E-state index in [9.17, 15) is 4.79 Å². The lowest BCUT2D eigenvalue weighted by Gasteiger charge is -2.03. The van der Waals surface area contributed by atoms with Crippen LogP contribution in [0.3, 0.4) is 0 Å². The van der Waals surface area contributed by atoms with Crippen molar-refractivity contribution in [1.82, 2.24) is 0 Å². The van der Waals surface area contributed by atoms with E-state index in [2.05, 4.69) is 0 Å². The van der Waals surface area contributed by atoms with Gasteiger partial charge in [0.25, 0.3) is 0 Å². The average Bonchev–Trinajstić information content (AvgIpc) is 2.04. The van der Waals surface area contributed by atoms with Crippen LogP contribution in [0.5, 0.6) is 0 Å². The third kappa shape index (κ3) is 1.56. The number of anilines is 1. The third-order valence-electron chi connectivity index (χ3n) is 1.81. The molecule has 0 saturated heterocycles. The summed E-state index contributed by atoms with van der Waals surface area (Å²) in [5.74, 6) is -0.440. The Morgan fingerprint density at radius 2 is 2.17 bits per heavy atom. The predicted octanol–water partition coefficient (Wildman–Crippen LogP) is 0.930. The molecule has 1 aromatic carbocycles. The van der Waals surface area contributed by atoms with Crippen molar-refractivity contribution >= 4 is 11.6 Å². The highest BCUT2D eigenvalue weighted by Crippen LogP contribution is 2.14.